The maximum Gasteiger partial charge on any atom is 0.248 e. The summed E-state index contributed by atoms with van der Waals surface area (Å²) in [6.45, 7) is 15.0. The van der Waals surface area contributed by atoms with Gasteiger partial charge in [-0.15, -0.1) is 13.2 Å². The Hall–Kier alpha value is -3.17. The van der Waals surface area contributed by atoms with Crippen LogP contribution in [-0.4, -0.2) is 89.3 Å². The van der Waals surface area contributed by atoms with Gasteiger partial charge in [0.15, 0.2) is 0 Å². The lowest BCUT2D eigenvalue weighted by atomic mass is 9.70. The molecule has 0 aromatic heterocycles. The number of carbonyl (C=O) groups excluding carboxylic acids is 3. The topological polar surface area (TPSA) is 99.6 Å². The number of rotatable bonds is 15. The summed E-state index contributed by atoms with van der Waals surface area (Å²) in [5.41, 5.74) is -0.449. The fourth-order valence-corrected chi connectivity index (χ4v) is 6.95. The fourth-order valence-electron chi connectivity index (χ4n) is 6.95. The highest BCUT2D eigenvalue weighted by molar-refractivity contribution is 6.03. The molecule has 0 saturated carbocycles. The molecule has 2 bridgehead atoms. The molecule has 2 unspecified atom stereocenters. The van der Waals surface area contributed by atoms with E-state index in [1.807, 2.05) is 38.1 Å². The van der Waals surface area contributed by atoms with E-state index >= 15 is 0 Å². The molecule has 6 atom stereocenters. The van der Waals surface area contributed by atoms with Crippen LogP contribution in [0.5, 0.6) is 5.75 Å². The lowest BCUT2D eigenvalue weighted by molar-refractivity contribution is -0.151. The van der Waals surface area contributed by atoms with Gasteiger partial charge in [-0.1, -0.05) is 32.4 Å². The maximum absolute atomic E-state index is 14.3. The van der Waals surface area contributed by atoms with Crippen molar-refractivity contribution >= 4 is 23.4 Å². The molecule has 3 saturated heterocycles. The molecule has 224 valence electrons. The summed E-state index contributed by atoms with van der Waals surface area (Å²) >= 11 is 0. The molecule has 3 heterocycles. The first-order valence-corrected chi connectivity index (χ1v) is 15.0. The first-order chi connectivity index (χ1) is 19.8. The zero-order chi connectivity index (χ0) is 29.7. The number of aliphatic hydroxyl groups is 1. The Labute approximate surface area is 243 Å². The second-order valence-corrected chi connectivity index (χ2v) is 11.1. The summed E-state index contributed by atoms with van der Waals surface area (Å²) in [7, 11) is 0. The van der Waals surface area contributed by atoms with Gasteiger partial charge in [-0.2, -0.15) is 0 Å². The molecule has 3 fully saturated rings. The van der Waals surface area contributed by atoms with E-state index in [1.54, 1.807) is 26.9 Å². The predicted octanol–water partition coefficient (Wildman–Crippen LogP) is 3.56. The molecular weight excluding hydrogens is 522 g/mol. The van der Waals surface area contributed by atoms with E-state index in [2.05, 4.69) is 20.1 Å². The van der Waals surface area contributed by atoms with Crippen molar-refractivity contribution in [3.63, 3.8) is 0 Å². The number of amides is 3. The summed E-state index contributed by atoms with van der Waals surface area (Å²) in [6, 6.07) is 5.82. The van der Waals surface area contributed by atoms with Gasteiger partial charge in [-0.25, -0.2) is 0 Å². The zero-order valence-corrected chi connectivity index (χ0v) is 24.7. The number of carbonyl (C=O) groups is 3. The average molecular weight is 568 g/mol. The molecule has 4 rings (SSSR count). The molecule has 1 N–H and O–H groups in total. The van der Waals surface area contributed by atoms with Crippen molar-refractivity contribution in [1.82, 2.24) is 9.80 Å². The normalized spacial score (nSPS) is 26.9. The van der Waals surface area contributed by atoms with Crippen molar-refractivity contribution < 1.29 is 29.0 Å². The monoisotopic (exact) mass is 567 g/mol. The Balaban J connectivity index is 1.74. The molecule has 1 aromatic rings. The largest absolute Gasteiger partial charge is 0.494 e. The number of aliphatic hydroxyl groups excluding tert-OH is 1. The SMILES string of the molecule is C=CCN(CCCC)C(=O)C1N([C@@H](CC)CO)C(=O)[C@@H]2[C@H](C(=O)N(CC=C)c3ccc(OCC)cc3)[C@@H]3CCC12O3. The number of benzene rings is 1. The number of ether oxygens (including phenoxy) is 2. The van der Waals surface area contributed by atoms with Crippen LogP contribution in [0.15, 0.2) is 49.6 Å². The van der Waals surface area contributed by atoms with Gasteiger partial charge in [0.25, 0.3) is 0 Å². The summed E-state index contributed by atoms with van der Waals surface area (Å²) in [4.78, 5) is 47.8. The van der Waals surface area contributed by atoms with E-state index < -0.39 is 35.6 Å². The molecule has 1 spiro atoms. The average Bonchev–Trinajstić information content (AvgIpc) is 3.62. The predicted molar refractivity (Wildman–Crippen MR) is 157 cm³/mol. The minimum absolute atomic E-state index is 0.204. The Bertz CT molecular complexity index is 1120. The van der Waals surface area contributed by atoms with Crippen molar-refractivity contribution in [1.29, 1.82) is 0 Å². The Kier molecular flexibility index (Phi) is 9.92. The van der Waals surface area contributed by atoms with Gasteiger partial charge >= 0.3 is 0 Å². The number of hydrogen-bond donors (Lipinski definition) is 1. The minimum Gasteiger partial charge on any atom is -0.494 e. The van der Waals surface area contributed by atoms with E-state index in [4.69, 9.17) is 9.47 Å². The van der Waals surface area contributed by atoms with Gasteiger partial charge in [0.1, 0.15) is 17.4 Å². The van der Waals surface area contributed by atoms with Crippen LogP contribution in [0.2, 0.25) is 0 Å². The number of unbranched alkanes of at least 4 members (excludes halogenated alkanes) is 1. The van der Waals surface area contributed by atoms with Crippen LogP contribution >= 0.6 is 0 Å². The van der Waals surface area contributed by atoms with Crippen LogP contribution in [0.25, 0.3) is 0 Å². The summed E-state index contributed by atoms with van der Waals surface area (Å²) in [6.07, 6.45) is 6.17. The standard InChI is InChI=1S/C32H45N3O6/c1-6-11-20-33(18-7-2)31(39)28-32-17-16-25(41-32)26(27(32)30(38)35(28)22(9-4)21-36)29(37)34(19-8-3)23-12-14-24(15-13-23)40-10-5/h7-8,12-15,22,25-28,36H,2-3,6,9-11,16-21H2,1,4-5H3/t22-,25-,26+,27-,28?,32?/m0/s1. The van der Waals surface area contributed by atoms with Crippen molar-refractivity contribution in [3.8, 4) is 5.75 Å². The highest BCUT2D eigenvalue weighted by Gasteiger charge is 2.75. The zero-order valence-electron chi connectivity index (χ0n) is 24.7. The molecule has 9 nitrogen and oxygen atoms in total. The molecule has 3 aliphatic rings. The van der Waals surface area contributed by atoms with E-state index in [0.29, 0.717) is 50.4 Å². The van der Waals surface area contributed by atoms with Crippen molar-refractivity contribution in [2.75, 3.05) is 37.7 Å². The van der Waals surface area contributed by atoms with E-state index in [9.17, 15) is 19.5 Å². The number of hydrogen-bond acceptors (Lipinski definition) is 6. The van der Waals surface area contributed by atoms with Crippen LogP contribution in [-0.2, 0) is 19.1 Å². The Morgan fingerprint density at radius 3 is 2.46 bits per heavy atom. The minimum atomic E-state index is -1.12. The number of likely N-dealkylation sites (tertiary alicyclic amines) is 1. The highest BCUT2D eigenvalue weighted by atomic mass is 16.5. The van der Waals surface area contributed by atoms with Crippen LogP contribution in [0, 0.1) is 11.8 Å². The summed E-state index contributed by atoms with van der Waals surface area (Å²) in [5, 5.41) is 10.3. The van der Waals surface area contributed by atoms with Crippen LogP contribution in [0.1, 0.15) is 52.9 Å². The molecule has 0 radical (unpaired) electrons. The molecule has 41 heavy (non-hydrogen) atoms. The number of anilines is 1. The first-order valence-electron chi connectivity index (χ1n) is 15.0. The quantitative estimate of drug-likeness (QED) is 0.326. The Morgan fingerprint density at radius 2 is 1.88 bits per heavy atom. The molecule has 9 heteroatoms. The summed E-state index contributed by atoms with van der Waals surface area (Å²) in [5.74, 6) is -1.57. The third kappa shape index (κ3) is 5.42. The smallest absolute Gasteiger partial charge is 0.248 e. The van der Waals surface area contributed by atoms with Gasteiger partial charge < -0.3 is 29.3 Å². The lowest BCUT2D eigenvalue weighted by Gasteiger charge is -2.39. The number of nitrogens with zero attached hydrogens (tertiary/aromatic N) is 3. The summed E-state index contributed by atoms with van der Waals surface area (Å²) < 4.78 is 12.2. The van der Waals surface area contributed by atoms with Gasteiger partial charge in [-0.3, -0.25) is 14.4 Å². The second-order valence-electron chi connectivity index (χ2n) is 11.1. The van der Waals surface area contributed by atoms with Gasteiger partial charge in [0.05, 0.1) is 37.2 Å². The van der Waals surface area contributed by atoms with Crippen LogP contribution < -0.4 is 9.64 Å². The lowest BCUT2D eigenvalue weighted by Crippen LogP contribution is -2.58. The van der Waals surface area contributed by atoms with Gasteiger partial charge in [0, 0.05) is 25.3 Å². The van der Waals surface area contributed by atoms with E-state index in [1.165, 1.54) is 0 Å². The maximum atomic E-state index is 14.3. The third-order valence-electron chi connectivity index (χ3n) is 8.81. The fraction of sp³-hybridized carbons (Fsp3) is 0.594. The third-order valence-corrected chi connectivity index (χ3v) is 8.81. The Morgan fingerprint density at radius 1 is 1.17 bits per heavy atom. The van der Waals surface area contributed by atoms with Crippen molar-refractivity contribution in [3.05, 3.63) is 49.6 Å². The first kappa shape index (κ1) is 30.8. The van der Waals surface area contributed by atoms with Gasteiger partial charge in [-0.05, 0) is 56.9 Å². The molecule has 1 aromatic carbocycles. The van der Waals surface area contributed by atoms with Crippen LogP contribution in [0.3, 0.4) is 0 Å². The highest BCUT2D eigenvalue weighted by Crippen LogP contribution is 2.59. The second kappa shape index (κ2) is 13.2. The van der Waals surface area contributed by atoms with Crippen molar-refractivity contribution in [2.45, 2.75) is 76.7 Å². The molecular formula is C32H45N3O6. The molecule has 3 amide bonds. The van der Waals surface area contributed by atoms with Crippen molar-refractivity contribution in [2.24, 2.45) is 11.8 Å². The molecule has 3 aliphatic heterocycles. The van der Waals surface area contributed by atoms with Gasteiger partial charge in [0.2, 0.25) is 17.7 Å². The van der Waals surface area contributed by atoms with E-state index in [-0.39, 0.29) is 30.9 Å². The van der Waals surface area contributed by atoms with E-state index in [0.717, 1.165) is 12.8 Å². The molecule has 0 aliphatic carbocycles. The number of fused-ring (bicyclic) bond motifs is 1. The van der Waals surface area contributed by atoms with Crippen LogP contribution in [0.4, 0.5) is 5.69 Å².